The highest BCUT2D eigenvalue weighted by atomic mass is 79.9. The van der Waals surface area contributed by atoms with Crippen LogP contribution in [0.4, 0.5) is 0 Å². The van der Waals surface area contributed by atoms with Crippen molar-refractivity contribution in [3.8, 4) is 0 Å². The van der Waals surface area contributed by atoms with Gasteiger partial charge in [-0.1, -0.05) is 0 Å². The number of hydrogen-bond donors (Lipinski definition) is 2. The molecule has 0 saturated carbocycles. The Hall–Kier alpha value is -0.0400. The number of rotatable bonds is 3. The largest absolute Gasteiger partial charge is 0.271 e. The van der Waals surface area contributed by atoms with Crippen molar-refractivity contribution >= 4 is 27.7 Å². The summed E-state index contributed by atoms with van der Waals surface area (Å²) in [7, 11) is 1.95. The minimum Gasteiger partial charge on any atom is -0.271 e. The second kappa shape index (κ2) is 4.68. The van der Waals surface area contributed by atoms with Crippen LogP contribution in [-0.4, -0.2) is 20.3 Å². The van der Waals surface area contributed by atoms with Crippen molar-refractivity contribution in [2.45, 2.75) is 30.6 Å². The Labute approximate surface area is 108 Å². The number of nitrogens with one attached hydrogen (secondary N) is 1. The fraction of sp³-hybridized carbons (Fsp3) is 0.700. The highest BCUT2D eigenvalue weighted by Gasteiger charge is 2.40. The van der Waals surface area contributed by atoms with E-state index in [9.17, 15) is 0 Å². The van der Waals surface area contributed by atoms with E-state index in [1.165, 1.54) is 18.6 Å². The van der Waals surface area contributed by atoms with Crippen LogP contribution < -0.4 is 11.3 Å². The first-order chi connectivity index (χ1) is 7.58. The van der Waals surface area contributed by atoms with E-state index in [1.54, 1.807) is 0 Å². The molecular weight excluding hydrogens is 288 g/mol. The van der Waals surface area contributed by atoms with E-state index in [2.05, 4.69) is 33.4 Å². The third-order valence-electron chi connectivity index (χ3n) is 3.24. The summed E-state index contributed by atoms with van der Waals surface area (Å²) >= 11 is 5.53. The second-order valence-corrected chi connectivity index (χ2v) is 6.85. The highest BCUT2D eigenvalue weighted by Crippen LogP contribution is 2.47. The summed E-state index contributed by atoms with van der Waals surface area (Å²) in [5, 5.41) is 4.25. The molecule has 3 N–H and O–H groups in total. The van der Waals surface area contributed by atoms with E-state index in [1.807, 2.05) is 29.7 Å². The van der Waals surface area contributed by atoms with Gasteiger partial charge >= 0.3 is 0 Å². The van der Waals surface area contributed by atoms with Crippen molar-refractivity contribution < 1.29 is 0 Å². The summed E-state index contributed by atoms with van der Waals surface area (Å²) in [5.41, 5.74) is 4.08. The fourth-order valence-electron chi connectivity index (χ4n) is 2.32. The van der Waals surface area contributed by atoms with Gasteiger partial charge in [-0.25, -0.2) is 5.43 Å². The van der Waals surface area contributed by atoms with Gasteiger partial charge in [0.25, 0.3) is 0 Å². The van der Waals surface area contributed by atoms with Gasteiger partial charge in [0.1, 0.15) is 0 Å². The molecule has 0 bridgehead atoms. The first kappa shape index (κ1) is 12.4. The maximum atomic E-state index is 5.74. The van der Waals surface area contributed by atoms with Crippen LogP contribution in [0.15, 0.2) is 10.7 Å². The smallest absolute Gasteiger partial charge is 0.0784 e. The van der Waals surface area contributed by atoms with Gasteiger partial charge in [0.05, 0.1) is 22.4 Å². The average molecular weight is 305 g/mol. The van der Waals surface area contributed by atoms with E-state index < -0.39 is 0 Å². The lowest BCUT2D eigenvalue weighted by Gasteiger charge is -2.33. The lowest BCUT2D eigenvalue weighted by Crippen LogP contribution is -2.42. The molecule has 16 heavy (non-hydrogen) atoms. The Bertz CT molecular complexity index is 353. The number of hydrazine groups is 1. The number of aromatic nitrogens is 2. The minimum atomic E-state index is 0.127. The molecule has 1 aromatic rings. The molecular formula is C10H17BrN4S. The van der Waals surface area contributed by atoms with E-state index in [-0.39, 0.29) is 10.8 Å². The van der Waals surface area contributed by atoms with Crippen LogP contribution in [0.25, 0.3) is 0 Å². The maximum Gasteiger partial charge on any atom is 0.0784 e. The summed E-state index contributed by atoms with van der Waals surface area (Å²) < 4.78 is 3.07. The lowest BCUT2D eigenvalue weighted by molar-refractivity contribution is 0.398. The van der Waals surface area contributed by atoms with Crippen molar-refractivity contribution in [1.29, 1.82) is 0 Å². The first-order valence-electron chi connectivity index (χ1n) is 5.36. The normalized spacial score (nSPS) is 27.2. The molecule has 1 aliphatic heterocycles. The standard InChI is InChI=1S/C10H17BrN4S/c1-10(4-3-5-16-10)9(14-12)8-7(11)6-13-15(8)2/h6,9,14H,3-5,12H2,1-2H3. The van der Waals surface area contributed by atoms with Crippen LogP contribution in [0.5, 0.6) is 0 Å². The second-order valence-electron chi connectivity index (χ2n) is 4.37. The van der Waals surface area contributed by atoms with Crippen molar-refractivity contribution in [3.05, 3.63) is 16.4 Å². The van der Waals surface area contributed by atoms with Crippen LogP contribution in [-0.2, 0) is 7.05 Å². The van der Waals surface area contributed by atoms with Crippen LogP contribution in [0.1, 0.15) is 31.5 Å². The van der Waals surface area contributed by atoms with Gasteiger partial charge in [-0.15, -0.1) is 0 Å². The molecule has 1 aliphatic rings. The Balaban J connectivity index is 2.36. The van der Waals surface area contributed by atoms with E-state index in [0.29, 0.717) is 0 Å². The zero-order chi connectivity index (χ0) is 11.8. The monoisotopic (exact) mass is 304 g/mol. The minimum absolute atomic E-state index is 0.127. The molecule has 2 heterocycles. The van der Waals surface area contributed by atoms with Crippen molar-refractivity contribution in [1.82, 2.24) is 15.2 Å². The van der Waals surface area contributed by atoms with E-state index in [4.69, 9.17) is 5.84 Å². The van der Waals surface area contributed by atoms with Crippen LogP contribution >= 0.6 is 27.7 Å². The molecule has 2 atom stereocenters. The molecule has 1 fully saturated rings. The molecule has 0 spiro atoms. The number of aryl methyl sites for hydroxylation is 1. The maximum absolute atomic E-state index is 5.74. The third kappa shape index (κ3) is 2.03. The van der Waals surface area contributed by atoms with E-state index in [0.717, 1.165) is 10.2 Å². The number of thioether (sulfide) groups is 1. The topological polar surface area (TPSA) is 55.9 Å². The van der Waals surface area contributed by atoms with Gasteiger partial charge in [-0.2, -0.15) is 16.9 Å². The summed E-state index contributed by atoms with van der Waals surface area (Å²) in [5.74, 6) is 6.95. The van der Waals surface area contributed by atoms with Crippen molar-refractivity contribution in [3.63, 3.8) is 0 Å². The molecule has 0 amide bonds. The molecule has 0 aliphatic carbocycles. The average Bonchev–Trinajstić information content (AvgIpc) is 2.80. The summed E-state index contributed by atoms with van der Waals surface area (Å²) in [4.78, 5) is 0. The third-order valence-corrected chi connectivity index (χ3v) is 5.44. The molecule has 90 valence electrons. The van der Waals surface area contributed by atoms with Crippen LogP contribution in [0.2, 0.25) is 0 Å². The highest BCUT2D eigenvalue weighted by molar-refractivity contribution is 9.10. The lowest BCUT2D eigenvalue weighted by atomic mass is 9.94. The summed E-state index contributed by atoms with van der Waals surface area (Å²) in [6.07, 6.45) is 4.27. The zero-order valence-corrected chi connectivity index (χ0v) is 11.9. The molecule has 2 unspecified atom stereocenters. The van der Waals surface area contributed by atoms with Gasteiger partial charge in [0.2, 0.25) is 0 Å². The Morgan fingerprint density at radius 1 is 1.75 bits per heavy atom. The quantitative estimate of drug-likeness (QED) is 0.662. The van der Waals surface area contributed by atoms with Gasteiger partial charge in [-0.3, -0.25) is 10.5 Å². The SMILES string of the molecule is Cn1ncc(Br)c1C(NN)C1(C)CCCS1. The van der Waals surface area contributed by atoms with Gasteiger partial charge in [0, 0.05) is 11.8 Å². The molecule has 1 saturated heterocycles. The Morgan fingerprint density at radius 2 is 2.50 bits per heavy atom. The summed E-state index contributed by atoms with van der Waals surface area (Å²) in [6, 6.07) is 0.127. The first-order valence-corrected chi connectivity index (χ1v) is 7.14. The Morgan fingerprint density at radius 3 is 2.94 bits per heavy atom. The molecule has 0 radical (unpaired) electrons. The van der Waals surface area contributed by atoms with Crippen LogP contribution in [0.3, 0.4) is 0 Å². The Kier molecular flexibility index (Phi) is 3.63. The molecule has 6 heteroatoms. The molecule has 0 aromatic carbocycles. The van der Waals surface area contributed by atoms with E-state index >= 15 is 0 Å². The molecule has 1 aromatic heterocycles. The van der Waals surface area contributed by atoms with Crippen LogP contribution in [0, 0.1) is 0 Å². The predicted molar refractivity (Wildman–Crippen MR) is 71.1 cm³/mol. The van der Waals surface area contributed by atoms with Crippen molar-refractivity contribution in [2.24, 2.45) is 12.9 Å². The molecule has 2 rings (SSSR count). The number of nitrogens with zero attached hydrogens (tertiary/aromatic N) is 2. The zero-order valence-electron chi connectivity index (χ0n) is 9.53. The van der Waals surface area contributed by atoms with Gasteiger partial charge in [-0.05, 0) is 41.4 Å². The van der Waals surface area contributed by atoms with Crippen molar-refractivity contribution in [2.75, 3.05) is 5.75 Å². The van der Waals surface area contributed by atoms with Gasteiger partial charge < -0.3 is 0 Å². The number of nitrogens with two attached hydrogens (primary N) is 1. The summed E-state index contributed by atoms with van der Waals surface area (Å²) in [6.45, 7) is 2.27. The van der Waals surface area contributed by atoms with Gasteiger partial charge in [0.15, 0.2) is 0 Å². The number of hydrogen-bond acceptors (Lipinski definition) is 4. The molecule has 4 nitrogen and oxygen atoms in total. The number of halogens is 1. The predicted octanol–water partition coefficient (Wildman–Crippen LogP) is 1.97. The fourth-order valence-corrected chi connectivity index (χ4v) is 4.28.